The minimum Gasteiger partial charge on any atom is -0.490 e. The van der Waals surface area contributed by atoms with E-state index in [0.29, 0.717) is 40.3 Å². The summed E-state index contributed by atoms with van der Waals surface area (Å²) in [6.45, 7) is 1.11. The van der Waals surface area contributed by atoms with E-state index in [1.54, 1.807) is 30.3 Å². The van der Waals surface area contributed by atoms with Gasteiger partial charge in [0.1, 0.15) is 5.82 Å². The van der Waals surface area contributed by atoms with E-state index in [0.717, 1.165) is 18.2 Å². The van der Waals surface area contributed by atoms with Crippen LogP contribution < -0.4 is 14.8 Å². The monoisotopic (exact) mass is 367 g/mol. The molecule has 0 bridgehead atoms. The third-order valence-corrected chi connectivity index (χ3v) is 4.67. The Labute approximate surface area is 148 Å². The van der Waals surface area contributed by atoms with Gasteiger partial charge in [0.15, 0.2) is 11.5 Å². The summed E-state index contributed by atoms with van der Waals surface area (Å²) in [7, 11) is 0. The van der Waals surface area contributed by atoms with Crippen molar-refractivity contribution in [1.82, 2.24) is 0 Å². The van der Waals surface area contributed by atoms with Gasteiger partial charge < -0.3 is 14.8 Å². The third kappa shape index (κ3) is 4.13. The molecule has 0 aliphatic carbocycles. The van der Waals surface area contributed by atoms with Gasteiger partial charge in [0.05, 0.1) is 29.7 Å². The summed E-state index contributed by atoms with van der Waals surface area (Å²) < 4.78 is 24.7. The van der Waals surface area contributed by atoms with Gasteiger partial charge in [-0.25, -0.2) is 4.39 Å². The summed E-state index contributed by atoms with van der Waals surface area (Å²) in [5.74, 6) is 0.569. The molecule has 0 unspecified atom stereocenters. The maximum atomic E-state index is 13.6. The summed E-state index contributed by atoms with van der Waals surface area (Å²) >= 11 is 7.31. The van der Waals surface area contributed by atoms with E-state index in [1.165, 1.54) is 6.07 Å². The Morgan fingerprint density at radius 3 is 2.67 bits per heavy atom. The quantitative estimate of drug-likeness (QED) is 0.815. The summed E-state index contributed by atoms with van der Waals surface area (Å²) in [4.78, 5) is 12.5. The first-order valence-electron chi connectivity index (χ1n) is 7.40. The Balaban J connectivity index is 1.66. The summed E-state index contributed by atoms with van der Waals surface area (Å²) in [6.07, 6.45) is 0.785. The van der Waals surface area contributed by atoms with Crippen LogP contribution in [0.25, 0.3) is 0 Å². The summed E-state index contributed by atoms with van der Waals surface area (Å²) in [5.41, 5.74) is 0.444. The predicted molar refractivity (Wildman–Crippen MR) is 92.8 cm³/mol. The molecule has 2 aromatic carbocycles. The number of hydrogen-bond acceptors (Lipinski definition) is 4. The van der Waals surface area contributed by atoms with Crippen LogP contribution in [0.4, 0.5) is 10.1 Å². The van der Waals surface area contributed by atoms with E-state index < -0.39 is 0 Å². The highest BCUT2D eigenvalue weighted by Gasteiger charge is 2.16. The normalized spacial score (nSPS) is 13.2. The number of fused-ring (bicyclic) bond motifs is 1. The number of nitrogens with one attached hydrogen (secondary N) is 1. The first-order valence-corrected chi connectivity index (χ1v) is 8.76. The molecule has 0 saturated carbocycles. The highest BCUT2D eigenvalue weighted by atomic mass is 35.5. The zero-order valence-electron chi connectivity index (χ0n) is 12.7. The standard InChI is InChI=1S/C17H15ClFNO3S/c18-11-8-14-15(23-7-3-6-22-14)9-13(11)20-17(21)10-24-16-5-2-1-4-12(16)19/h1-2,4-5,8-9H,3,6-7,10H2,(H,20,21). The van der Waals surface area contributed by atoms with Crippen LogP contribution in [0.3, 0.4) is 0 Å². The molecule has 126 valence electrons. The molecular formula is C17H15ClFNO3S. The first kappa shape index (κ1) is 16.9. The lowest BCUT2D eigenvalue weighted by atomic mass is 10.2. The number of rotatable bonds is 4. The number of hydrogen-bond donors (Lipinski definition) is 1. The lowest BCUT2D eigenvalue weighted by Gasteiger charge is -2.12. The van der Waals surface area contributed by atoms with E-state index >= 15 is 0 Å². The molecule has 0 spiro atoms. The van der Waals surface area contributed by atoms with Crippen molar-refractivity contribution >= 4 is 35.0 Å². The van der Waals surface area contributed by atoms with Gasteiger partial charge in [0.2, 0.25) is 5.91 Å². The maximum absolute atomic E-state index is 13.6. The highest BCUT2D eigenvalue weighted by molar-refractivity contribution is 8.00. The second-order valence-corrected chi connectivity index (χ2v) is 6.52. The zero-order chi connectivity index (χ0) is 16.9. The molecule has 4 nitrogen and oxygen atoms in total. The molecule has 1 amide bonds. The van der Waals surface area contributed by atoms with Crippen LogP contribution in [0, 0.1) is 5.82 Å². The summed E-state index contributed by atoms with van der Waals surface area (Å²) in [6, 6.07) is 9.60. The minimum absolute atomic E-state index is 0.0751. The average Bonchev–Trinajstić information content (AvgIpc) is 2.79. The number of ether oxygens (including phenoxy) is 2. The van der Waals surface area contributed by atoms with Gasteiger partial charge in [0.25, 0.3) is 0 Å². The molecule has 0 fully saturated rings. The van der Waals surface area contributed by atoms with Crippen molar-refractivity contribution in [3.05, 3.63) is 47.2 Å². The number of thioether (sulfide) groups is 1. The van der Waals surface area contributed by atoms with Gasteiger partial charge in [-0.3, -0.25) is 4.79 Å². The van der Waals surface area contributed by atoms with Crippen LogP contribution in [0.1, 0.15) is 6.42 Å². The van der Waals surface area contributed by atoms with Crippen LogP contribution >= 0.6 is 23.4 Å². The number of benzene rings is 2. The van der Waals surface area contributed by atoms with Gasteiger partial charge in [0, 0.05) is 23.4 Å². The molecule has 1 aliphatic rings. The Hall–Kier alpha value is -1.92. The lowest BCUT2D eigenvalue weighted by Crippen LogP contribution is -2.14. The fourth-order valence-corrected chi connectivity index (χ4v) is 3.11. The van der Waals surface area contributed by atoms with Crippen molar-refractivity contribution in [3.8, 4) is 11.5 Å². The van der Waals surface area contributed by atoms with Crippen molar-refractivity contribution in [3.63, 3.8) is 0 Å². The van der Waals surface area contributed by atoms with Gasteiger partial charge in [-0.15, -0.1) is 11.8 Å². The topological polar surface area (TPSA) is 47.6 Å². The second kappa shape index (κ2) is 7.77. The molecule has 2 aromatic rings. The molecule has 0 saturated heterocycles. The van der Waals surface area contributed by atoms with Crippen LogP contribution in [-0.2, 0) is 4.79 Å². The number of anilines is 1. The minimum atomic E-state index is -0.344. The molecule has 1 N–H and O–H groups in total. The van der Waals surface area contributed by atoms with Crippen molar-refractivity contribution in [2.24, 2.45) is 0 Å². The largest absolute Gasteiger partial charge is 0.490 e. The van der Waals surface area contributed by atoms with E-state index in [2.05, 4.69) is 5.32 Å². The van der Waals surface area contributed by atoms with E-state index in [9.17, 15) is 9.18 Å². The smallest absolute Gasteiger partial charge is 0.234 e. The van der Waals surface area contributed by atoms with Crippen molar-refractivity contribution in [2.75, 3.05) is 24.3 Å². The number of carbonyl (C=O) groups is 1. The zero-order valence-corrected chi connectivity index (χ0v) is 14.3. The van der Waals surface area contributed by atoms with Crippen molar-refractivity contribution in [1.29, 1.82) is 0 Å². The molecule has 24 heavy (non-hydrogen) atoms. The van der Waals surface area contributed by atoms with Gasteiger partial charge >= 0.3 is 0 Å². The molecule has 1 aliphatic heterocycles. The fraction of sp³-hybridized carbons (Fsp3) is 0.235. The fourth-order valence-electron chi connectivity index (χ4n) is 2.17. The highest BCUT2D eigenvalue weighted by Crippen LogP contribution is 2.37. The van der Waals surface area contributed by atoms with Gasteiger partial charge in [-0.2, -0.15) is 0 Å². The number of amides is 1. The Morgan fingerprint density at radius 2 is 1.92 bits per heavy atom. The van der Waals surface area contributed by atoms with Crippen LogP contribution in [-0.4, -0.2) is 24.9 Å². The Kier molecular flexibility index (Phi) is 5.48. The van der Waals surface area contributed by atoms with Crippen molar-refractivity contribution < 1.29 is 18.7 Å². The predicted octanol–water partition coefficient (Wildman–Crippen LogP) is 4.37. The van der Waals surface area contributed by atoms with Crippen LogP contribution in [0.2, 0.25) is 5.02 Å². The number of carbonyl (C=O) groups excluding carboxylic acids is 1. The molecular weight excluding hydrogens is 353 g/mol. The molecule has 0 radical (unpaired) electrons. The van der Waals surface area contributed by atoms with E-state index in [1.807, 2.05) is 0 Å². The second-order valence-electron chi connectivity index (χ2n) is 5.10. The van der Waals surface area contributed by atoms with Crippen LogP contribution in [0.5, 0.6) is 11.5 Å². The molecule has 1 heterocycles. The Bertz CT molecular complexity index is 757. The molecule has 0 atom stereocenters. The lowest BCUT2D eigenvalue weighted by molar-refractivity contribution is -0.113. The third-order valence-electron chi connectivity index (χ3n) is 3.31. The SMILES string of the molecule is O=C(CSc1ccccc1F)Nc1cc2c(cc1Cl)OCCCO2. The van der Waals surface area contributed by atoms with Crippen LogP contribution in [0.15, 0.2) is 41.3 Å². The molecule has 7 heteroatoms. The maximum Gasteiger partial charge on any atom is 0.234 e. The van der Waals surface area contributed by atoms with E-state index in [-0.39, 0.29) is 17.5 Å². The first-order chi connectivity index (χ1) is 11.6. The van der Waals surface area contributed by atoms with Gasteiger partial charge in [-0.1, -0.05) is 23.7 Å². The summed E-state index contributed by atoms with van der Waals surface area (Å²) in [5, 5.41) is 3.09. The van der Waals surface area contributed by atoms with Gasteiger partial charge in [-0.05, 0) is 12.1 Å². The molecule has 3 rings (SSSR count). The van der Waals surface area contributed by atoms with E-state index in [4.69, 9.17) is 21.1 Å². The van der Waals surface area contributed by atoms with Crippen molar-refractivity contribution in [2.45, 2.75) is 11.3 Å². The average molecular weight is 368 g/mol. The Morgan fingerprint density at radius 1 is 1.21 bits per heavy atom. The molecule has 0 aromatic heterocycles. The number of halogens is 2.